The van der Waals surface area contributed by atoms with Crippen LogP contribution in [0.15, 0.2) is 0 Å². The molecule has 25 heavy (non-hydrogen) atoms. The Morgan fingerprint density at radius 2 is 2.04 bits per heavy atom. The fourth-order valence-corrected chi connectivity index (χ4v) is 2.99. The molecule has 2 bridgehead atoms. The molecule has 4 amide bonds. The van der Waals surface area contributed by atoms with Gasteiger partial charge >= 0.3 is 16.4 Å². The van der Waals surface area contributed by atoms with Gasteiger partial charge in [0.2, 0.25) is 0 Å². The third kappa shape index (κ3) is 4.99. The van der Waals surface area contributed by atoms with E-state index in [-0.39, 0.29) is 39.1 Å². The predicted molar refractivity (Wildman–Crippen MR) is 79.5 cm³/mol. The molecule has 0 unspecified atom stereocenters. The van der Waals surface area contributed by atoms with E-state index in [0.717, 1.165) is 4.90 Å². The smallest absolute Gasteiger partial charge is 0.370 e. The third-order valence-corrected chi connectivity index (χ3v) is 3.97. The Kier molecular flexibility index (Phi) is 6.12. The van der Waals surface area contributed by atoms with Crippen LogP contribution in [0.1, 0.15) is 12.8 Å². The minimum absolute atomic E-state index is 0.0556. The van der Waals surface area contributed by atoms with Crippen molar-refractivity contribution < 1.29 is 36.4 Å². The first-order valence-corrected chi connectivity index (χ1v) is 8.73. The minimum Gasteiger partial charge on any atom is -0.370 e. The third-order valence-electron chi connectivity index (χ3n) is 3.62. The van der Waals surface area contributed by atoms with Gasteiger partial charge in [-0.15, -0.1) is 4.28 Å². The molecule has 2 aliphatic rings. The molecule has 142 valence electrons. The van der Waals surface area contributed by atoms with Crippen molar-refractivity contribution in [2.45, 2.75) is 24.9 Å². The van der Waals surface area contributed by atoms with Crippen molar-refractivity contribution in [2.24, 2.45) is 5.73 Å². The number of hydrazine groups is 1. The van der Waals surface area contributed by atoms with Crippen molar-refractivity contribution in [3.05, 3.63) is 0 Å². The van der Waals surface area contributed by atoms with Gasteiger partial charge in [-0.3, -0.25) is 25.0 Å². The van der Waals surface area contributed by atoms with E-state index in [1.165, 1.54) is 0 Å². The highest BCUT2D eigenvalue weighted by Crippen LogP contribution is 2.30. The number of nitrogens with two attached hydrogens (primary N) is 1. The average Bonchev–Trinajstić information content (AvgIpc) is 2.76. The molecule has 0 aromatic carbocycles. The van der Waals surface area contributed by atoms with Gasteiger partial charge in [-0.1, -0.05) is 0 Å². The van der Waals surface area contributed by atoms with Gasteiger partial charge in [0.1, 0.15) is 12.6 Å². The highest BCUT2D eigenvalue weighted by atomic mass is 32.3. The second-order valence-electron chi connectivity index (χ2n) is 5.39. The number of nitrogens with zero attached hydrogens (tertiary/aromatic N) is 2. The number of hydrogen-bond acceptors (Lipinski definition) is 8. The summed E-state index contributed by atoms with van der Waals surface area (Å²) >= 11 is 0. The summed E-state index contributed by atoms with van der Waals surface area (Å²) in [6.07, 6.45) is 0.510. The number of ether oxygens (including phenoxy) is 1. The number of fused-ring (bicyclic) bond motifs is 2. The molecule has 2 heterocycles. The van der Waals surface area contributed by atoms with Crippen molar-refractivity contribution >= 4 is 28.2 Å². The van der Waals surface area contributed by atoms with Crippen molar-refractivity contribution in [3.8, 4) is 0 Å². The standard InChI is InChI=1S/C11H19N5O8S/c12-3-4-23-6-9(17)13-14-10(18)8-2-1-7-5-15(8)11(19)16(7)24-25(20,21)22/h7-8H,1-6,12H2,(H,13,17)(H,14,18)(H,20,21,22)/t7-,8-/m0/s1. The van der Waals surface area contributed by atoms with Crippen LogP contribution in [0.4, 0.5) is 4.79 Å². The summed E-state index contributed by atoms with van der Waals surface area (Å²) in [5, 5.41) is 0.530. The lowest BCUT2D eigenvalue weighted by molar-refractivity contribution is -0.133. The van der Waals surface area contributed by atoms with E-state index >= 15 is 0 Å². The highest BCUT2D eigenvalue weighted by molar-refractivity contribution is 7.80. The molecule has 2 saturated heterocycles. The number of rotatable bonds is 7. The SMILES string of the molecule is NCCOCC(=O)NNC(=O)[C@@H]1CC[C@H]2CN1C(=O)N2OS(=O)(=O)O. The Balaban J connectivity index is 1.88. The van der Waals surface area contributed by atoms with Crippen LogP contribution < -0.4 is 16.6 Å². The van der Waals surface area contributed by atoms with E-state index in [0.29, 0.717) is 5.06 Å². The van der Waals surface area contributed by atoms with Crippen LogP contribution in [0.3, 0.4) is 0 Å². The topological polar surface area (TPSA) is 181 Å². The molecule has 0 radical (unpaired) electrons. The van der Waals surface area contributed by atoms with Crippen LogP contribution in [-0.2, 0) is 29.0 Å². The minimum atomic E-state index is -4.85. The van der Waals surface area contributed by atoms with E-state index in [1.54, 1.807) is 0 Å². The number of carbonyl (C=O) groups is 3. The average molecular weight is 381 g/mol. The van der Waals surface area contributed by atoms with Gasteiger partial charge in [-0.25, -0.2) is 4.79 Å². The first kappa shape index (κ1) is 19.3. The van der Waals surface area contributed by atoms with Crippen LogP contribution in [0, 0.1) is 0 Å². The molecule has 5 N–H and O–H groups in total. The summed E-state index contributed by atoms with van der Waals surface area (Å²) < 4.78 is 39.4. The van der Waals surface area contributed by atoms with Crippen LogP contribution >= 0.6 is 0 Å². The summed E-state index contributed by atoms with van der Waals surface area (Å²) in [5.74, 6) is -1.24. The molecule has 13 nitrogen and oxygen atoms in total. The summed E-state index contributed by atoms with van der Waals surface area (Å²) in [4.78, 5) is 36.8. The molecule has 0 aromatic heterocycles. The van der Waals surface area contributed by atoms with E-state index in [1.807, 2.05) is 0 Å². The zero-order valence-corrected chi connectivity index (χ0v) is 13.9. The number of hydrogen-bond donors (Lipinski definition) is 4. The van der Waals surface area contributed by atoms with Gasteiger partial charge < -0.3 is 15.4 Å². The van der Waals surface area contributed by atoms with Gasteiger partial charge in [0.15, 0.2) is 0 Å². The van der Waals surface area contributed by atoms with Crippen molar-refractivity contribution in [3.63, 3.8) is 0 Å². The maximum atomic E-state index is 12.2. The van der Waals surface area contributed by atoms with Gasteiger partial charge in [0, 0.05) is 13.1 Å². The first-order chi connectivity index (χ1) is 11.7. The van der Waals surface area contributed by atoms with Crippen LogP contribution in [0.2, 0.25) is 0 Å². The molecule has 2 rings (SSSR count). The van der Waals surface area contributed by atoms with Crippen LogP contribution in [0.25, 0.3) is 0 Å². The lowest BCUT2D eigenvalue weighted by Gasteiger charge is -2.29. The molecule has 0 aliphatic carbocycles. The van der Waals surface area contributed by atoms with Crippen molar-refractivity contribution in [2.75, 3.05) is 26.3 Å². The second-order valence-corrected chi connectivity index (χ2v) is 6.39. The van der Waals surface area contributed by atoms with E-state index in [4.69, 9.17) is 15.0 Å². The zero-order valence-electron chi connectivity index (χ0n) is 13.1. The number of carbonyl (C=O) groups excluding carboxylic acids is 3. The molecular formula is C11H19N5O8S. The summed E-state index contributed by atoms with van der Waals surface area (Å²) in [6.45, 7) is 0.210. The zero-order chi connectivity index (χ0) is 18.6. The Labute approximate surface area is 143 Å². The number of piperidine rings is 1. The van der Waals surface area contributed by atoms with Gasteiger partial charge in [-0.2, -0.15) is 13.5 Å². The summed E-state index contributed by atoms with van der Waals surface area (Å²) in [5.41, 5.74) is 9.51. The second kappa shape index (κ2) is 7.92. The Morgan fingerprint density at radius 3 is 2.68 bits per heavy atom. The summed E-state index contributed by atoms with van der Waals surface area (Å²) in [7, 11) is -4.85. The van der Waals surface area contributed by atoms with Crippen molar-refractivity contribution in [1.82, 2.24) is 20.8 Å². The monoisotopic (exact) mass is 381 g/mol. The fraction of sp³-hybridized carbons (Fsp3) is 0.727. The number of hydroxylamine groups is 2. The molecular weight excluding hydrogens is 362 g/mol. The van der Waals surface area contributed by atoms with E-state index in [9.17, 15) is 22.8 Å². The lowest BCUT2D eigenvalue weighted by atomic mass is 10.0. The Morgan fingerprint density at radius 1 is 1.32 bits per heavy atom. The molecule has 2 fully saturated rings. The molecule has 14 heteroatoms. The normalized spacial score (nSPS) is 22.9. The largest absolute Gasteiger partial charge is 0.418 e. The maximum absolute atomic E-state index is 12.2. The molecule has 0 spiro atoms. The fourth-order valence-electron chi connectivity index (χ4n) is 2.60. The maximum Gasteiger partial charge on any atom is 0.418 e. The molecule has 2 aliphatic heterocycles. The Hall–Kier alpha value is -2.00. The summed E-state index contributed by atoms with van der Waals surface area (Å²) in [6, 6.07) is -2.38. The molecule has 2 atom stereocenters. The van der Waals surface area contributed by atoms with E-state index < -0.39 is 40.3 Å². The van der Waals surface area contributed by atoms with Crippen LogP contribution in [0.5, 0.6) is 0 Å². The number of amides is 4. The predicted octanol–water partition coefficient (Wildman–Crippen LogP) is -2.89. The number of nitrogens with one attached hydrogen (secondary N) is 2. The van der Waals surface area contributed by atoms with Crippen molar-refractivity contribution in [1.29, 1.82) is 0 Å². The van der Waals surface area contributed by atoms with Gasteiger partial charge in [0.25, 0.3) is 11.8 Å². The van der Waals surface area contributed by atoms with E-state index in [2.05, 4.69) is 15.1 Å². The first-order valence-electron chi connectivity index (χ1n) is 7.36. The molecule has 0 aromatic rings. The lowest BCUT2D eigenvalue weighted by Crippen LogP contribution is -2.54. The molecule has 0 saturated carbocycles. The quantitative estimate of drug-likeness (QED) is 0.204. The number of urea groups is 1. The van der Waals surface area contributed by atoms with Gasteiger partial charge in [0.05, 0.1) is 12.6 Å². The highest BCUT2D eigenvalue weighted by Gasteiger charge is 2.49. The van der Waals surface area contributed by atoms with Gasteiger partial charge in [-0.05, 0) is 12.8 Å². The van der Waals surface area contributed by atoms with Crippen LogP contribution in [-0.4, -0.2) is 79.2 Å². The Bertz CT molecular complexity index is 640.